The lowest BCUT2D eigenvalue weighted by molar-refractivity contribution is 0.103. The van der Waals surface area contributed by atoms with Gasteiger partial charge in [-0.3, -0.25) is 4.79 Å². The van der Waals surface area contributed by atoms with Crippen LogP contribution in [0.4, 0.5) is 0 Å². The van der Waals surface area contributed by atoms with Gasteiger partial charge >= 0.3 is 0 Å². The highest BCUT2D eigenvalue weighted by Gasteiger charge is 2.22. The van der Waals surface area contributed by atoms with Crippen LogP contribution in [0.1, 0.15) is 33.7 Å². The number of carbonyl (C=O) groups is 1. The van der Waals surface area contributed by atoms with Crippen LogP contribution >= 0.6 is 0 Å². The second-order valence-electron chi connectivity index (χ2n) is 5.39. The monoisotopic (exact) mass is 347 g/mol. The second-order valence-corrected chi connectivity index (χ2v) is 7.48. The maximum absolute atomic E-state index is 12.5. The fourth-order valence-corrected chi connectivity index (χ4v) is 3.40. The van der Waals surface area contributed by atoms with E-state index in [9.17, 15) is 13.2 Å². The minimum Gasteiger partial charge on any atom is -0.383 e. The zero-order valence-electron chi connectivity index (χ0n) is 13.7. The Bertz CT molecular complexity index is 788. The SMILES string of the molecule is COCCNS(=O)(=O)C(C)c1cccc(C(=O)c2ccccc2)c1. The molecule has 0 aliphatic heterocycles. The van der Waals surface area contributed by atoms with Crippen molar-refractivity contribution in [3.05, 3.63) is 71.3 Å². The van der Waals surface area contributed by atoms with E-state index in [1.807, 2.05) is 6.07 Å². The summed E-state index contributed by atoms with van der Waals surface area (Å²) in [5.41, 5.74) is 1.61. The third kappa shape index (κ3) is 4.50. The fraction of sp³-hybridized carbons (Fsp3) is 0.278. The molecule has 0 aliphatic carbocycles. The van der Waals surface area contributed by atoms with Gasteiger partial charge in [0.05, 0.1) is 11.9 Å². The molecule has 0 saturated carbocycles. The maximum atomic E-state index is 12.5. The molecule has 2 aromatic carbocycles. The van der Waals surface area contributed by atoms with E-state index in [-0.39, 0.29) is 12.3 Å². The van der Waals surface area contributed by atoms with Crippen LogP contribution in [0.3, 0.4) is 0 Å². The molecular weight excluding hydrogens is 326 g/mol. The van der Waals surface area contributed by atoms with E-state index in [1.54, 1.807) is 55.5 Å². The van der Waals surface area contributed by atoms with Crippen molar-refractivity contribution in [2.45, 2.75) is 12.2 Å². The van der Waals surface area contributed by atoms with Gasteiger partial charge in [0.1, 0.15) is 0 Å². The number of ketones is 1. The number of benzene rings is 2. The number of hydrogen-bond donors (Lipinski definition) is 1. The predicted octanol–water partition coefficient (Wildman–Crippen LogP) is 2.54. The summed E-state index contributed by atoms with van der Waals surface area (Å²) < 4.78 is 32.0. The Morgan fingerprint density at radius 3 is 2.42 bits per heavy atom. The molecule has 6 heteroatoms. The van der Waals surface area contributed by atoms with E-state index >= 15 is 0 Å². The minimum atomic E-state index is -3.53. The fourth-order valence-electron chi connectivity index (χ4n) is 2.28. The maximum Gasteiger partial charge on any atom is 0.218 e. The molecule has 2 aromatic rings. The van der Waals surface area contributed by atoms with Gasteiger partial charge in [0.15, 0.2) is 5.78 Å². The Labute approximate surface area is 142 Å². The second kappa shape index (κ2) is 8.19. The van der Waals surface area contributed by atoms with Gasteiger partial charge in [0.25, 0.3) is 0 Å². The van der Waals surface area contributed by atoms with E-state index in [0.29, 0.717) is 23.3 Å². The van der Waals surface area contributed by atoms with Crippen LogP contribution in [0, 0.1) is 0 Å². The van der Waals surface area contributed by atoms with Crippen LogP contribution in [0.25, 0.3) is 0 Å². The number of rotatable bonds is 8. The van der Waals surface area contributed by atoms with Crippen molar-refractivity contribution < 1.29 is 17.9 Å². The van der Waals surface area contributed by atoms with E-state index in [4.69, 9.17) is 4.74 Å². The van der Waals surface area contributed by atoms with Gasteiger partial charge in [0, 0.05) is 24.8 Å². The Morgan fingerprint density at radius 2 is 1.75 bits per heavy atom. The van der Waals surface area contributed by atoms with E-state index in [2.05, 4.69) is 4.72 Å². The largest absolute Gasteiger partial charge is 0.383 e. The van der Waals surface area contributed by atoms with E-state index in [1.165, 1.54) is 7.11 Å². The summed E-state index contributed by atoms with van der Waals surface area (Å²) in [6.45, 7) is 2.12. The molecule has 2 rings (SSSR count). The average molecular weight is 347 g/mol. The molecule has 1 N–H and O–H groups in total. The van der Waals surface area contributed by atoms with Gasteiger partial charge < -0.3 is 4.74 Å². The summed E-state index contributed by atoms with van der Waals surface area (Å²) in [5.74, 6) is -0.130. The van der Waals surface area contributed by atoms with Crippen LogP contribution in [-0.4, -0.2) is 34.5 Å². The molecule has 0 spiro atoms. The van der Waals surface area contributed by atoms with Crippen molar-refractivity contribution in [3.63, 3.8) is 0 Å². The first-order valence-corrected chi connectivity index (χ1v) is 9.17. The summed E-state index contributed by atoms with van der Waals surface area (Å²) in [7, 11) is -2.02. The van der Waals surface area contributed by atoms with Gasteiger partial charge in [-0.15, -0.1) is 0 Å². The summed E-state index contributed by atoms with van der Waals surface area (Å²) in [5, 5.41) is -0.766. The molecule has 1 atom stereocenters. The lowest BCUT2D eigenvalue weighted by atomic mass is 10.0. The molecule has 0 aliphatic rings. The standard InChI is InChI=1S/C18H21NO4S/c1-14(24(21,22)19-11-12-23-2)16-9-6-10-17(13-16)18(20)15-7-4-3-5-8-15/h3-10,13-14,19H,11-12H2,1-2H3. The molecule has 128 valence electrons. The van der Waals surface area contributed by atoms with Crippen molar-refractivity contribution >= 4 is 15.8 Å². The normalized spacial score (nSPS) is 12.8. The van der Waals surface area contributed by atoms with Crippen LogP contribution in [0.5, 0.6) is 0 Å². The average Bonchev–Trinajstić information content (AvgIpc) is 2.61. The van der Waals surface area contributed by atoms with Gasteiger partial charge in [-0.05, 0) is 18.6 Å². The number of methoxy groups -OCH3 is 1. The number of nitrogens with one attached hydrogen (secondary N) is 1. The summed E-state index contributed by atoms with van der Waals surface area (Å²) in [4.78, 5) is 12.5. The van der Waals surface area contributed by atoms with Gasteiger partial charge in [-0.25, -0.2) is 13.1 Å². The molecule has 24 heavy (non-hydrogen) atoms. The van der Waals surface area contributed by atoms with Crippen LogP contribution in [0.15, 0.2) is 54.6 Å². The van der Waals surface area contributed by atoms with Crippen molar-refractivity contribution in [3.8, 4) is 0 Å². The van der Waals surface area contributed by atoms with Crippen molar-refractivity contribution in [1.29, 1.82) is 0 Å². The topological polar surface area (TPSA) is 72.5 Å². The molecule has 0 aromatic heterocycles. The minimum absolute atomic E-state index is 0.130. The molecular formula is C18H21NO4S. The lowest BCUT2D eigenvalue weighted by Crippen LogP contribution is -2.30. The van der Waals surface area contributed by atoms with Crippen molar-refractivity contribution in [2.75, 3.05) is 20.3 Å². The quantitative estimate of drug-likeness (QED) is 0.588. The Balaban J connectivity index is 2.22. The molecule has 0 heterocycles. The number of sulfonamides is 1. The first-order chi connectivity index (χ1) is 11.5. The predicted molar refractivity (Wildman–Crippen MR) is 93.5 cm³/mol. The molecule has 0 radical (unpaired) electrons. The Morgan fingerprint density at radius 1 is 1.08 bits per heavy atom. The van der Waals surface area contributed by atoms with Gasteiger partial charge in [-0.2, -0.15) is 0 Å². The van der Waals surface area contributed by atoms with E-state index in [0.717, 1.165) is 0 Å². The van der Waals surface area contributed by atoms with E-state index < -0.39 is 15.3 Å². The molecule has 0 fully saturated rings. The first kappa shape index (κ1) is 18.3. The lowest BCUT2D eigenvalue weighted by Gasteiger charge is -2.15. The summed E-state index contributed by atoms with van der Waals surface area (Å²) in [6.07, 6.45) is 0. The van der Waals surface area contributed by atoms with Gasteiger partial charge in [0.2, 0.25) is 10.0 Å². The van der Waals surface area contributed by atoms with Crippen LogP contribution in [-0.2, 0) is 14.8 Å². The molecule has 5 nitrogen and oxygen atoms in total. The highest BCUT2D eigenvalue weighted by atomic mass is 32.2. The molecule has 0 bridgehead atoms. The molecule has 0 amide bonds. The summed E-state index contributed by atoms with van der Waals surface area (Å²) >= 11 is 0. The number of ether oxygens (including phenoxy) is 1. The van der Waals surface area contributed by atoms with Gasteiger partial charge in [-0.1, -0.05) is 48.5 Å². The molecule has 0 saturated heterocycles. The number of hydrogen-bond acceptors (Lipinski definition) is 4. The highest BCUT2D eigenvalue weighted by molar-refractivity contribution is 7.89. The van der Waals surface area contributed by atoms with Crippen molar-refractivity contribution in [1.82, 2.24) is 4.72 Å². The van der Waals surface area contributed by atoms with Crippen LogP contribution in [0.2, 0.25) is 0 Å². The van der Waals surface area contributed by atoms with Crippen molar-refractivity contribution in [2.24, 2.45) is 0 Å². The Kier molecular flexibility index (Phi) is 6.25. The third-order valence-electron chi connectivity index (χ3n) is 3.73. The van der Waals surface area contributed by atoms with Crippen LogP contribution < -0.4 is 4.72 Å². The Hall–Kier alpha value is -2.02. The first-order valence-electron chi connectivity index (χ1n) is 7.63. The highest BCUT2D eigenvalue weighted by Crippen LogP contribution is 2.22. The smallest absolute Gasteiger partial charge is 0.218 e. The zero-order chi connectivity index (χ0) is 17.6. The number of carbonyl (C=O) groups excluding carboxylic acids is 1. The molecule has 1 unspecified atom stereocenters. The summed E-state index contributed by atoms with van der Waals surface area (Å²) in [6, 6.07) is 15.6. The zero-order valence-corrected chi connectivity index (χ0v) is 14.5. The third-order valence-corrected chi connectivity index (χ3v) is 5.54.